The van der Waals surface area contributed by atoms with Gasteiger partial charge in [0.1, 0.15) is 11.6 Å². The number of hydrogen-bond acceptors (Lipinski definition) is 4. The summed E-state index contributed by atoms with van der Waals surface area (Å²) in [6.45, 7) is 3.86. The molecule has 1 aliphatic heterocycles. The number of piperidine rings is 1. The van der Waals surface area contributed by atoms with Crippen molar-refractivity contribution in [2.75, 3.05) is 31.6 Å². The highest BCUT2D eigenvalue weighted by molar-refractivity contribution is 6.30. The molecule has 1 aliphatic rings. The number of halogens is 1. The van der Waals surface area contributed by atoms with Crippen LogP contribution in [0.2, 0.25) is 5.02 Å². The summed E-state index contributed by atoms with van der Waals surface area (Å²) in [5.41, 5.74) is 0. The van der Waals surface area contributed by atoms with Gasteiger partial charge in [0.25, 0.3) is 0 Å². The van der Waals surface area contributed by atoms with Crippen LogP contribution in [0.4, 0.5) is 5.82 Å². The highest BCUT2D eigenvalue weighted by atomic mass is 35.5. The molecule has 0 spiro atoms. The van der Waals surface area contributed by atoms with Gasteiger partial charge in [0, 0.05) is 38.7 Å². The van der Waals surface area contributed by atoms with Crippen molar-refractivity contribution in [3.05, 3.63) is 41.6 Å². The van der Waals surface area contributed by atoms with Gasteiger partial charge in [-0.2, -0.15) is 0 Å². The molecule has 1 fully saturated rings. The third kappa shape index (κ3) is 3.70. The van der Waals surface area contributed by atoms with E-state index >= 15 is 0 Å². The molecule has 2 aromatic heterocycles. The summed E-state index contributed by atoms with van der Waals surface area (Å²) in [5.74, 6) is 1.86. The van der Waals surface area contributed by atoms with Crippen LogP contribution in [0, 0.1) is 6.92 Å². The summed E-state index contributed by atoms with van der Waals surface area (Å²) in [7, 11) is 1.87. The van der Waals surface area contributed by atoms with Crippen molar-refractivity contribution >= 4 is 23.3 Å². The van der Waals surface area contributed by atoms with Crippen molar-refractivity contribution in [1.29, 1.82) is 0 Å². The van der Waals surface area contributed by atoms with E-state index < -0.39 is 0 Å². The molecule has 0 N–H and O–H groups in total. The highest BCUT2D eigenvalue weighted by Gasteiger charge is 2.26. The first kappa shape index (κ1) is 16.8. The Bertz CT molecular complexity index is 699. The first-order valence-electron chi connectivity index (χ1n) is 8.14. The fourth-order valence-corrected chi connectivity index (χ4v) is 3.27. The van der Waals surface area contributed by atoms with Crippen LogP contribution in [0.3, 0.4) is 0 Å². The molecule has 0 radical (unpaired) electrons. The van der Waals surface area contributed by atoms with Crippen molar-refractivity contribution in [1.82, 2.24) is 19.4 Å². The molecule has 0 unspecified atom stereocenters. The molecule has 1 amide bonds. The fourth-order valence-electron chi connectivity index (χ4n) is 3.16. The molecule has 1 atom stereocenters. The fraction of sp³-hybridized carbons (Fsp3) is 0.471. The Morgan fingerprint density at radius 1 is 1.42 bits per heavy atom. The van der Waals surface area contributed by atoms with Gasteiger partial charge in [0.15, 0.2) is 0 Å². The Morgan fingerprint density at radius 3 is 2.92 bits per heavy atom. The Morgan fingerprint density at radius 2 is 2.25 bits per heavy atom. The van der Waals surface area contributed by atoms with E-state index in [1.54, 1.807) is 12.3 Å². The predicted molar refractivity (Wildman–Crippen MR) is 94.3 cm³/mol. The minimum Gasteiger partial charge on any atom is -0.350 e. The Balaban J connectivity index is 1.62. The van der Waals surface area contributed by atoms with E-state index in [4.69, 9.17) is 11.6 Å². The van der Waals surface area contributed by atoms with Crippen molar-refractivity contribution in [3.8, 4) is 0 Å². The summed E-state index contributed by atoms with van der Waals surface area (Å²) in [6, 6.07) is 3.91. The van der Waals surface area contributed by atoms with Crippen LogP contribution in [-0.4, -0.2) is 52.0 Å². The lowest BCUT2D eigenvalue weighted by Gasteiger charge is -2.35. The third-order valence-electron chi connectivity index (χ3n) is 4.48. The molecule has 6 nitrogen and oxygen atoms in total. The molecule has 0 bridgehead atoms. The smallest absolute Gasteiger partial charge is 0.242 e. The normalized spacial score (nSPS) is 17.8. The Kier molecular flexibility index (Phi) is 5.04. The zero-order valence-corrected chi connectivity index (χ0v) is 14.8. The molecule has 1 saturated heterocycles. The van der Waals surface area contributed by atoms with Gasteiger partial charge < -0.3 is 14.4 Å². The van der Waals surface area contributed by atoms with Gasteiger partial charge in [0.2, 0.25) is 5.91 Å². The third-order valence-corrected chi connectivity index (χ3v) is 4.70. The molecule has 128 valence electrons. The van der Waals surface area contributed by atoms with Crippen molar-refractivity contribution in [2.45, 2.75) is 25.8 Å². The van der Waals surface area contributed by atoms with Crippen LogP contribution < -0.4 is 4.90 Å². The maximum Gasteiger partial charge on any atom is 0.242 e. The number of hydrogen-bond donors (Lipinski definition) is 0. The number of rotatable bonds is 4. The van der Waals surface area contributed by atoms with E-state index in [-0.39, 0.29) is 5.91 Å². The van der Waals surface area contributed by atoms with Gasteiger partial charge in [-0.3, -0.25) is 4.79 Å². The quantitative estimate of drug-likeness (QED) is 0.853. The SMILES string of the molecule is Cc1nccn1[C@H]1CCCN(C(=O)CN(C)c2ccc(Cl)cn2)C1. The van der Waals surface area contributed by atoms with Crippen LogP contribution >= 0.6 is 11.6 Å². The maximum absolute atomic E-state index is 12.7. The molecule has 3 rings (SSSR count). The number of aromatic nitrogens is 3. The summed E-state index contributed by atoms with van der Waals surface area (Å²) in [5, 5.41) is 0.591. The number of pyridine rings is 1. The lowest BCUT2D eigenvalue weighted by molar-refractivity contribution is -0.131. The largest absolute Gasteiger partial charge is 0.350 e. The van der Waals surface area contributed by atoms with E-state index in [0.29, 0.717) is 17.6 Å². The average molecular weight is 348 g/mol. The molecular weight excluding hydrogens is 326 g/mol. The number of likely N-dealkylation sites (N-methyl/N-ethyl adjacent to an activating group) is 1. The van der Waals surface area contributed by atoms with Gasteiger partial charge >= 0.3 is 0 Å². The van der Waals surface area contributed by atoms with Crippen LogP contribution in [0.25, 0.3) is 0 Å². The highest BCUT2D eigenvalue weighted by Crippen LogP contribution is 2.23. The van der Waals surface area contributed by atoms with Gasteiger partial charge in [-0.25, -0.2) is 9.97 Å². The molecule has 0 aliphatic carbocycles. The van der Waals surface area contributed by atoms with E-state index in [0.717, 1.165) is 37.6 Å². The number of carbonyl (C=O) groups is 1. The number of aryl methyl sites for hydroxylation is 1. The molecular formula is C17H22ClN5O. The predicted octanol–water partition coefficient (Wildman–Crippen LogP) is 2.54. The summed E-state index contributed by atoms with van der Waals surface area (Å²) in [4.78, 5) is 25.0. The first-order valence-corrected chi connectivity index (χ1v) is 8.52. The Labute approximate surface area is 147 Å². The lowest BCUT2D eigenvalue weighted by atomic mass is 10.1. The molecule has 7 heteroatoms. The second kappa shape index (κ2) is 7.21. The van der Waals surface area contributed by atoms with Gasteiger partial charge in [-0.15, -0.1) is 0 Å². The first-order chi connectivity index (χ1) is 11.5. The zero-order valence-electron chi connectivity index (χ0n) is 14.0. The molecule has 2 aromatic rings. The number of imidazole rings is 1. The number of nitrogens with zero attached hydrogens (tertiary/aromatic N) is 5. The van der Waals surface area contributed by atoms with Crippen molar-refractivity contribution in [3.63, 3.8) is 0 Å². The van der Waals surface area contributed by atoms with Crippen molar-refractivity contribution < 1.29 is 4.79 Å². The number of carbonyl (C=O) groups excluding carboxylic acids is 1. The van der Waals surface area contributed by atoms with E-state index in [9.17, 15) is 4.79 Å². The maximum atomic E-state index is 12.7. The second-order valence-electron chi connectivity index (χ2n) is 6.21. The Hall–Kier alpha value is -2.08. The number of amides is 1. The number of likely N-dealkylation sites (tertiary alicyclic amines) is 1. The summed E-state index contributed by atoms with van der Waals surface area (Å²) >= 11 is 5.86. The van der Waals surface area contributed by atoms with Crippen LogP contribution in [-0.2, 0) is 4.79 Å². The second-order valence-corrected chi connectivity index (χ2v) is 6.64. The zero-order chi connectivity index (χ0) is 17.1. The van der Waals surface area contributed by atoms with Crippen LogP contribution in [0.15, 0.2) is 30.7 Å². The van der Waals surface area contributed by atoms with Crippen LogP contribution in [0.5, 0.6) is 0 Å². The van der Waals surface area contributed by atoms with E-state index in [1.165, 1.54) is 0 Å². The van der Waals surface area contributed by atoms with Gasteiger partial charge in [-0.05, 0) is 31.9 Å². The number of anilines is 1. The summed E-state index contributed by atoms with van der Waals surface area (Å²) in [6.07, 6.45) is 7.50. The van der Waals surface area contributed by atoms with E-state index in [1.807, 2.05) is 42.2 Å². The monoisotopic (exact) mass is 347 g/mol. The average Bonchev–Trinajstić information content (AvgIpc) is 3.01. The molecule has 0 aromatic carbocycles. The minimum absolute atomic E-state index is 0.122. The van der Waals surface area contributed by atoms with Crippen LogP contribution in [0.1, 0.15) is 24.7 Å². The van der Waals surface area contributed by atoms with Gasteiger partial charge in [0.05, 0.1) is 17.6 Å². The molecule has 3 heterocycles. The topological polar surface area (TPSA) is 54.3 Å². The summed E-state index contributed by atoms with van der Waals surface area (Å²) < 4.78 is 2.17. The van der Waals surface area contributed by atoms with Crippen molar-refractivity contribution in [2.24, 2.45) is 0 Å². The van der Waals surface area contributed by atoms with Gasteiger partial charge in [-0.1, -0.05) is 11.6 Å². The molecule has 24 heavy (non-hydrogen) atoms. The standard InChI is InChI=1S/C17H22ClN5O/c1-13-19-7-9-23(13)15-4-3-8-22(11-15)17(24)12-21(2)16-6-5-14(18)10-20-16/h5-7,9-10,15H,3-4,8,11-12H2,1-2H3/t15-/m0/s1. The molecule has 0 saturated carbocycles. The minimum atomic E-state index is 0.122. The van der Waals surface area contributed by atoms with E-state index in [2.05, 4.69) is 14.5 Å². The lowest BCUT2D eigenvalue weighted by Crippen LogP contribution is -2.45.